The molecule has 4 rings (SSSR count). The van der Waals surface area contributed by atoms with Crippen molar-refractivity contribution in [1.82, 2.24) is 4.57 Å². The number of fused-ring (bicyclic) bond motifs is 1. The second-order valence-electron chi connectivity index (χ2n) is 6.24. The zero-order valence-corrected chi connectivity index (χ0v) is 13.7. The van der Waals surface area contributed by atoms with Crippen molar-refractivity contribution in [2.24, 2.45) is 0 Å². The molecular weight excluding hydrogens is 316 g/mol. The topological polar surface area (TPSA) is 62.5 Å². The van der Waals surface area contributed by atoms with E-state index >= 15 is 0 Å². The molecule has 25 heavy (non-hydrogen) atoms. The van der Waals surface area contributed by atoms with Crippen LogP contribution in [0.15, 0.2) is 54.6 Å². The number of hydrogen-bond acceptors (Lipinski definition) is 2. The van der Waals surface area contributed by atoms with Crippen LogP contribution in [0.25, 0.3) is 10.9 Å². The van der Waals surface area contributed by atoms with Crippen molar-refractivity contribution in [3.63, 3.8) is 0 Å². The summed E-state index contributed by atoms with van der Waals surface area (Å²) in [6, 6.07) is 17.3. The average Bonchev–Trinajstić information content (AvgIpc) is 3.17. The molecule has 2 heterocycles. The highest BCUT2D eigenvalue weighted by Crippen LogP contribution is 2.36. The third-order valence-corrected chi connectivity index (χ3v) is 4.67. The minimum Gasteiger partial charge on any atom is -0.477 e. The normalized spacial score (nSPS) is 14.4. The summed E-state index contributed by atoms with van der Waals surface area (Å²) >= 11 is 0. The molecule has 0 saturated carbocycles. The van der Waals surface area contributed by atoms with Crippen LogP contribution in [0.3, 0.4) is 0 Å². The number of aromatic nitrogens is 1. The molecule has 1 fully saturated rings. The Morgan fingerprint density at radius 1 is 1.04 bits per heavy atom. The number of para-hydroxylation sites is 1. The molecule has 2 aromatic carbocycles. The SMILES string of the molecule is O=C(O)c1c(N2CCCC2=O)c2ccccc2n1Cc1ccccc1. The second-order valence-corrected chi connectivity index (χ2v) is 6.24. The molecule has 3 aromatic rings. The fourth-order valence-electron chi connectivity index (χ4n) is 3.59. The van der Waals surface area contributed by atoms with Gasteiger partial charge in [-0.15, -0.1) is 0 Å². The fraction of sp³-hybridized carbons (Fsp3) is 0.200. The Morgan fingerprint density at radius 2 is 1.76 bits per heavy atom. The van der Waals surface area contributed by atoms with Gasteiger partial charge in [-0.3, -0.25) is 4.79 Å². The summed E-state index contributed by atoms with van der Waals surface area (Å²) in [5.74, 6) is -1.02. The van der Waals surface area contributed by atoms with Crippen molar-refractivity contribution in [2.45, 2.75) is 19.4 Å². The van der Waals surface area contributed by atoms with E-state index in [1.165, 1.54) is 0 Å². The predicted octanol–water partition coefficient (Wildman–Crippen LogP) is 3.51. The largest absolute Gasteiger partial charge is 0.477 e. The average molecular weight is 334 g/mol. The maximum absolute atomic E-state index is 12.3. The monoisotopic (exact) mass is 334 g/mol. The van der Waals surface area contributed by atoms with Crippen molar-refractivity contribution >= 4 is 28.5 Å². The summed E-state index contributed by atoms with van der Waals surface area (Å²) < 4.78 is 1.80. The molecule has 1 aliphatic heterocycles. The van der Waals surface area contributed by atoms with Crippen LogP contribution in [-0.4, -0.2) is 28.1 Å². The first-order chi connectivity index (χ1) is 12.2. The van der Waals surface area contributed by atoms with Crippen molar-refractivity contribution < 1.29 is 14.7 Å². The number of amides is 1. The number of anilines is 1. The minimum atomic E-state index is -1.01. The highest BCUT2D eigenvalue weighted by molar-refractivity contribution is 6.12. The first kappa shape index (κ1) is 15.4. The molecule has 1 N–H and O–H groups in total. The van der Waals surface area contributed by atoms with Gasteiger partial charge in [-0.05, 0) is 18.1 Å². The van der Waals surface area contributed by atoms with Gasteiger partial charge in [0.1, 0.15) is 0 Å². The number of benzene rings is 2. The van der Waals surface area contributed by atoms with Crippen LogP contribution in [0, 0.1) is 0 Å². The Kier molecular flexibility index (Phi) is 3.76. The molecule has 0 aliphatic carbocycles. The van der Waals surface area contributed by atoms with E-state index in [4.69, 9.17) is 0 Å². The number of carbonyl (C=O) groups excluding carboxylic acids is 1. The number of hydrogen-bond donors (Lipinski definition) is 1. The van der Waals surface area contributed by atoms with Gasteiger partial charge in [-0.2, -0.15) is 0 Å². The Morgan fingerprint density at radius 3 is 2.44 bits per heavy atom. The van der Waals surface area contributed by atoms with Crippen LogP contribution in [0.5, 0.6) is 0 Å². The third-order valence-electron chi connectivity index (χ3n) is 4.67. The summed E-state index contributed by atoms with van der Waals surface area (Å²) in [6.45, 7) is 1.02. The molecule has 126 valence electrons. The van der Waals surface area contributed by atoms with Gasteiger partial charge in [0, 0.05) is 24.9 Å². The molecule has 1 aromatic heterocycles. The summed E-state index contributed by atoms with van der Waals surface area (Å²) in [5.41, 5.74) is 2.56. The molecule has 0 unspecified atom stereocenters. The van der Waals surface area contributed by atoms with E-state index in [9.17, 15) is 14.7 Å². The van der Waals surface area contributed by atoms with Crippen LogP contribution < -0.4 is 4.90 Å². The number of carbonyl (C=O) groups is 2. The van der Waals surface area contributed by atoms with Gasteiger partial charge in [-0.1, -0.05) is 48.5 Å². The quantitative estimate of drug-likeness (QED) is 0.794. The van der Waals surface area contributed by atoms with Crippen LogP contribution >= 0.6 is 0 Å². The standard InChI is InChI=1S/C20H18N2O3/c23-17-11-6-12-21(17)18-15-9-4-5-10-16(15)22(19(18)20(24)25)13-14-7-2-1-3-8-14/h1-5,7-10H,6,11-13H2,(H,24,25). The second kappa shape index (κ2) is 6.09. The number of aromatic carboxylic acids is 1. The maximum atomic E-state index is 12.3. The zero-order chi connectivity index (χ0) is 17.4. The molecule has 5 nitrogen and oxygen atoms in total. The Bertz CT molecular complexity index is 960. The van der Waals surface area contributed by atoms with Gasteiger partial charge < -0.3 is 14.6 Å². The van der Waals surface area contributed by atoms with Crippen molar-refractivity contribution in [3.8, 4) is 0 Å². The highest BCUT2D eigenvalue weighted by Gasteiger charge is 2.31. The molecule has 1 saturated heterocycles. The first-order valence-corrected chi connectivity index (χ1v) is 8.35. The molecule has 1 aliphatic rings. The number of carboxylic acids is 1. The molecule has 0 spiro atoms. The smallest absolute Gasteiger partial charge is 0.354 e. The molecule has 0 bridgehead atoms. The molecule has 1 amide bonds. The van der Waals surface area contributed by atoms with Crippen molar-refractivity contribution in [2.75, 3.05) is 11.4 Å². The molecule has 0 atom stereocenters. The predicted molar refractivity (Wildman–Crippen MR) is 96.0 cm³/mol. The van der Waals surface area contributed by atoms with Crippen LogP contribution in [0.2, 0.25) is 0 Å². The third kappa shape index (κ3) is 2.58. The summed E-state index contributed by atoms with van der Waals surface area (Å²) in [7, 11) is 0. The van der Waals surface area contributed by atoms with E-state index in [1.54, 1.807) is 9.47 Å². The van der Waals surface area contributed by atoms with Gasteiger partial charge >= 0.3 is 5.97 Å². The van der Waals surface area contributed by atoms with Crippen LogP contribution in [0.4, 0.5) is 5.69 Å². The lowest BCUT2D eigenvalue weighted by atomic mass is 10.2. The van der Waals surface area contributed by atoms with Gasteiger partial charge in [-0.25, -0.2) is 4.79 Å². The number of rotatable bonds is 4. The van der Waals surface area contributed by atoms with Gasteiger partial charge in [0.05, 0.1) is 11.2 Å². The molecular formula is C20H18N2O3. The van der Waals surface area contributed by atoms with E-state index in [2.05, 4.69) is 0 Å². The van der Waals surface area contributed by atoms with Crippen LogP contribution in [-0.2, 0) is 11.3 Å². The van der Waals surface area contributed by atoms with E-state index < -0.39 is 5.97 Å². The Hall–Kier alpha value is -3.08. The number of carboxylic acid groups (broad SMARTS) is 1. The Labute approximate surface area is 145 Å². The van der Waals surface area contributed by atoms with Gasteiger partial charge in [0.25, 0.3) is 0 Å². The lowest BCUT2D eigenvalue weighted by molar-refractivity contribution is -0.117. The summed E-state index contributed by atoms with van der Waals surface area (Å²) in [5, 5.41) is 10.7. The highest BCUT2D eigenvalue weighted by atomic mass is 16.4. The molecule has 0 radical (unpaired) electrons. The van der Waals surface area contributed by atoms with Gasteiger partial charge in [0.15, 0.2) is 5.69 Å². The summed E-state index contributed by atoms with van der Waals surface area (Å²) in [4.78, 5) is 26.0. The van der Waals surface area contributed by atoms with E-state index in [-0.39, 0.29) is 11.6 Å². The molecule has 5 heteroatoms. The minimum absolute atomic E-state index is 0.00915. The van der Waals surface area contributed by atoms with E-state index in [0.717, 1.165) is 22.9 Å². The van der Waals surface area contributed by atoms with E-state index in [1.807, 2.05) is 54.6 Å². The fourth-order valence-corrected chi connectivity index (χ4v) is 3.59. The van der Waals surface area contributed by atoms with E-state index in [0.29, 0.717) is 25.2 Å². The lowest BCUT2D eigenvalue weighted by Gasteiger charge is -2.16. The van der Waals surface area contributed by atoms with Crippen molar-refractivity contribution in [1.29, 1.82) is 0 Å². The number of nitrogens with zero attached hydrogens (tertiary/aromatic N) is 2. The van der Waals surface area contributed by atoms with Crippen LogP contribution in [0.1, 0.15) is 28.9 Å². The lowest BCUT2D eigenvalue weighted by Crippen LogP contribution is -2.26. The Balaban J connectivity index is 1.97. The van der Waals surface area contributed by atoms with Gasteiger partial charge in [0.2, 0.25) is 5.91 Å². The zero-order valence-electron chi connectivity index (χ0n) is 13.7. The maximum Gasteiger partial charge on any atom is 0.354 e. The first-order valence-electron chi connectivity index (χ1n) is 8.35. The summed E-state index contributed by atoms with van der Waals surface area (Å²) in [6.07, 6.45) is 1.23. The van der Waals surface area contributed by atoms with Crippen molar-refractivity contribution in [3.05, 3.63) is 65.9 Å².